The van der Waals surface area contributed by atoms with E-state index in [4.69, 9.17) is 5.26 Å². The van der Waals surface area contributed by atoms with Gasteiger partial charge in [-0.25, -0.2) is 0 Å². The molecule has 1 nitrogen and oxygen atoms in total. The second-order valence-electron chi connectivity index (χ2n) is 3.00. The average Bonchev–Trinajstić information content (AvgIpc) is 2.10. The monoisotopic (exact) mass is 159 g/mol. The molecule has 1 aromatic carbocycles. The van der Waals surface area contributed by atoms with E-state index in [9.17, 15) is 0 Å². The van der Waals surface area contributed by atoms with Gasteiger partial charge >= 0.3 is 0 Å². The van der Waals surface area contributed by atoms with Crippen molar-refractivity contribution in [3.63, 3.8) is 0 Å². The minimum Gasteiger partial charge on any atom is -0.198 e. The molecule has 62 valence electrons. The first kappa shape index (κ1) is 8.80. The van der Waals surface area contributed by atoms with Crippen LogP contribution in [0.4, 0.5) is 0 Å². The van der Waals surface area contributed by atoms with Gasteiger partial charge in [0, 0.05) is 0 Å². The summed E-state index contributed by atoms with van der Waals surface area (Å²) in [4.78, 5) is 0. The molecular weight excluding hydrogens is 146 g/mol. The average molecular weight is 159 g/mol. The highest BCUT2D eigenvalue weighted by atomic mass is 14.3. The summed E-state index contributed by atoms with van der Waals surface area (Å²) in [7, 11) is 0. The summed E-state index contributed by atoms with van der Waals surface area (Å²) in [6.07, 6.45) is 0.888. The molecular formula is C11H13N. The van der Waals surface area contributed by atoms with Crippen LogP contribution in [0.15, 0.2) is 24.3 Å². The van der Waals surface area contributed by atoms with E-state index < -0.39 is 0 Å². The van der Waals surface area contributed by atoms with Gasteiger partial charge < -0.3 is 0 Å². The number of aryl methyl sites for hydroxylation is 1. The van der Waals surface area contributed by atoms with Crippen molar-refractivity contribution in [1.82, 2.24) is 0 Å². The molecule has 0 radical (unpaired) electrons. The van der Waals surface area contributed by atoms with Crippen molar-refractivity contribution in [2.24, 2.45) is 0 Å². The fourth-order valence-corrected chi connectivity index (χ4v) is 1.20. The molecule has 1 atom stereocenters. The second-order valence-corrected chi connectivity index (χ2v) is 3.00. The summed E-state index contributed by atoms with van der Waals surface area (Å²) in [6.45, 7) is 4.09. The Hall–Kier alpha value is -1.29. The third kappa shape index (κ3) is 1.85. The Balaban J connectivity index is 2.89. The fourth-order valence-electron chi connectivity index (χ4n) is 1.20. The molecule has 1 rings (SSSR count). The van der Waals surface area contributed by atoms with E-state index in [1.54, 1.807) is 0 Å². The van der Waals surface area contributed by atoms with Crippen LogP contribution in [0.1, 0.15) is 30.4 Å². The van der Waals surface area contributed by atoms with Gasteiger partial charge in [-0.15, -0.1) is 0 Å². The lowest BCUT2D eigenvalue weighted by Crippen LogP contribution is -1.92. The van der Waals surface area contributed by atoms with E-state index in [2.05, 4.69) is 25.1 Å². The number of nitrogens with zero attached hydrogens (tertiary/aromatic N) is 1. The maximum Gasteiger partial charge on any atom is 0.0710 e. The number of rotatable bonds is 2. The molecule has 1 heteroatoms. The van der Waals surface area contributed by atoms with Crippen molar-refractivity contribution in [2.45, 2.75) is 26.2 Å². The Morgan fingerprint density at radius 2 is 1.92 bits per heavy atom. The van der Waals surface area contributed by atoms with E-state index in [-0.39, 0.29) is 5.92 Å². The molecule has 0 N–H and O–H groups in total. The third-order valence-electron chi connectivity index (χ3n) is 2.04. The predicted molar refractivity (Wildman–Crippen MR) is 49.8 cm³/mol. The third-order valence-corrected chi connectivity index (χ3v) is 2.04. The summed E-state index contributed by atoms with van der Waals surface area (Å²) in [5.74, 6) is 0.0607. The smallest absolute Gasteiger partial charge is 0.0710 e. The molecule has 0 saturated heterocycles. The number of hydrogen-bond acceptors (Lipinski definition) is 1. The molecule has 1 unspecified atom stereocenters. The molecule has 0 heterocycles. The lowest BCUT2D eigenvalue weighted by molar-refractivity contribution is 0.818. The van der Waals surface area contributed by atoms with Crippen LogP contribution in [0.5, 0.6) is 0 Å². The van der Waals surface area contributed by atoms with Crippen molar-refractivity contribution in [3.05, 3.63) is 35.4 Å². The van der Waals surface area contributed by atoms with Crippen LogP contribution >= 0.6 is 0 Å². The summed E-state index contributed by atoms with van der Waals surface area (Å²) in [5, 5.41) is 8.80. The minimum atomic E-state index is 0.0607. The van der Waals surface area contributed by atoms with E-state index >= 15 is 0 Å². The SMILES string of the molecule is CCC(C#N)c1ccc(C)cc1. The Labute approximate surface area is 73.6 Å². The van der Waals surface area contributed by atoms with E-state index in [1.165, 1.54) is 5.56 Å². The van der Waals surface area contributed by atoms with Crippen LogP contribution in [0.25, 0.3) is 0 Å². The topological polar surface area (TPSA) is 23.8 Å². The zero-order chi connectivity index (χ0) is 8.97. The lowest BCUT2D eigenvalue weighted by atomic mass is 9.97. The summed E-state index contributed by atoms with van der Waals surface area (Å²) < 4.78 is 0. The highest BCUT2D eigenvalue weighted by molar-refractivity contribution is 5.27. The van der Waals surface area contributed by atoms with Gasteiger partial charge in [-0.05, 0) is 18.9 Å². The predicted octanol–water partition coefficient (Wildman–Crippen LogP) is 3.01. The lowest BCUT2D eigenvalue weighted by Gasteiger charge is -2.05. The van der Waals surface area contributed by atoms with Crippen molar-refractivity contribution in [3.8, 4) is 6.07 Å². The molecule has 0 aliphatic heterocycles. The molecule has 1 aromatic rings. The number of benzene rings is 1. The normalized spacial score (nSPS) is 12.1. The maximum atomic E-state index is 8.80. The molecule has 0 aliphatic carbocycles. The second kappa shape index (κ2) is 3.92. The van der Waals surface area contributed by atoms with Crippen LogP contribution in [0.3, 0.4) is 0 Å². The Kier molecular flexibility index (Phi) is 2.88. The van der Waals surface area contributed by atoms with E-state index in [0.29, 0.717) is 0 Å². The molecule has 0 amide bonds. The Morgan fingerprint density at radius 1 is 1.33 bits per heavy atom. The molecule has 0 saturated carbocycles. The molecule has 0 aliphatic rings. The van der Waals surface area contributed by atoms with Crippen LogP contribution in [-0.4, -0.2) is 0 Å². The molecule has 0 fully saturated rings. The highest BCUT2D eigenvalue weighted by Gasteiger charge is 2.05. The van der Waals surface area contributed by atoms with Gasteiger partial charge in [0.05, 0.1) is 12.0 Å². The molecule has 12 heavy (non-hydrogen) atoms. The van der Waals surface area contributed by atoms with E-state index in [1.807, 2.05) is 19.1 Å². The minimum absolute atomic E-state index is 0.0607. The van der Waals surface area contributed by atoms with Crippen LogP contribution in [-0.2, 0) is 0 Å². The highest BCUT2D eigenvalue weighted by Crippen LogP contribution is 2.18. The van der Waals surface area contributed by atoms with Gasteiger partial charge in [0.2, 0.25) is 0 Å². The first-order valence-electron chi connectivity index (χ1n) is 4.24. The van der Waals surface area contributed by atoms with Gasteiger partial charge in [-0.3, -0.25) is 0 Å². The quantitative estimate of drug-likeness (QED) is 0.650. The summed E-state index contributed by atoms with van der Waals surface area (Å²) >= 11 is 0. The number of hydrogen-bond donors (Lipinski definition) is 0. The van der Waals surface area contributed by atoms with Gasteiger partial charge in [0.15, 0.2) is 0 Å². The molecule has 0 aromatic heterocycles. The summed E-state index contributed by atoms with van der Waals surface area (Å²) in [6, 6.07) is 10.5. The van der Waals surface area contributed by atoms with Crippen LogP contribution in [0.2, 0.25) is 0 Å². The Bertz CT molecular complexity index is 279. The first-order valence-corrected chi connectivity index (χ1v) is 4.24. The van der Waals surface area contributed by atoms with E-state index in [0.717, 1.165) is 12.0 Å². The van der Waals surface area contributed by atoms with Crippen molar-refractivity contribution in [1.29, 1.82) is 5.26 Å². The fraction of sp³-hybridized carbons (Fsp3) is 0.364. The maximum absolute atomic E-state index is 8.80. The van der Waals surface area contributed by atoms with Gasteiger partial charge in [0.1, 0.15) is 0 Å². The Morgan fingerprint density at radius 3 is 2.33 bits per heavy atom. The van der Waals surface area contributed by atoms with Crippen LogP contribution in [0, 0.1) is 18.3 Å². The van der Waals surface area contributed by atoms with Crippen molar-refractivity contribution >= 4 is 0 Å². The zero-order valence-corrected chi connectivity index (χ0v) is 7.54. The largest absolute Gasteiger partial charge is 0.198 e. The van der Waals surface area contributed by atoms with Crippen molar-refractivity contribution < 1.29 is 0 Å². The van der Waals surface area contributed by atoms with Gasteiger partial charge in [-0.1, -0.05) is 36.8 Å². The molecule has 0 bridgehead atoms. The zero-order valence-electron chi connectivity index (χ0n) is 7.54. The van der Waals surface area contributed by atoms with Gasteiger partial charge in [-0.2, -0.15) is 5.26 Å². The standard InChI is InChI=1S/C11H13N/c1-3-10(8-12)11-6-4-9(2)5-7-11/h4-7,10H,3H2,1-2H3. The van der Waals surface area contributed by atoms with Crippen LogP contribution < -0.4 is 0 Å². The van der Waals surface area contributed by atoms with Crippen molar-refractivity contribution in [2.75, 3.05) is 0 Å². The van der Waals surface area contributed by atoms with Gasteiger partial charge in [0.25, 0.3) is 0 Å². The summed E-state index contributed by atoms with van der Waals surface area (Å²) in [5.41, 5.74) is 2.37. The molecule has 0 spiro atoms. The number of nitriles is 1. The first-order chi connectivity index (χ1) is 5.77.